The van der Waals surface area contributed by atoms with Gasteiger partial charge in [-0.1, -0.05) is 6.07 Å². The predicted molar refractivity (Wildman–Crippen MR) is 54.7 cm³/mol. The van der Waals surface area contributed by atoms with Gasteiger partial charge in [0, 0.05) is 6.54 Å². The summed E-state index contributed by atoms with van der Waals surface area (Å²) in [6.45, 7) is 0.514. The molecule has 0 aliphatic carbocycles. The van der Waals surface area contributed by atoms with Crippen molar-refractivity contribution in [1.29, 1.82) is 0 Å². The van der Waals surface area contributed by atoms with Crippen molar-refractivity contribution < 1.29 is 9.47 Å². The summed E-state index contributed by atoms with van der Waals surface area (Å²) < 4.78 is 10.2. The van der Waals surface area contributed by atoms with Crippen molar-refractivity contribution in [1.82, 2.24) is 0 Å². The van der Waals surface area contributed by atoms with Crippen LogP contribution in [0.5, 0.6) is 11.5 Å². The van der Waals surface area contributed by atoms with Crippen LogP contribution >= 0.6 is 12.4 Å². The molecular formula is C9H14ClNO2. The molecule has 1 aromatic carbocycles. The molecule has 1 aromatic rings. The molecule has 0 saturated heterocycles. The van der Waals surface area contributed by atoms with E-state index in [4.69, 9.17) is 15.2 Å². The Morgan fingerprint density at radius 2 is 1.77 bits per heavy atom. The minimum absolute atomic E-state index is 0. The second-order valence-electron chi connectivity index (χ2n) is 2.39. The first-order chi connectivity index (χ1) is 5.81. The van der Waals surface area contributed by atoms with Crippen molar-refractivity contribution >= 4 is 12.4 Å². The van der Waals surface area contributed by atoms with Crippen molar-refractivity contribution in [2.45, 2.75) is 6.54 Å². The van der Waals surface area contributed by atoms with Gasteiger partial charge in [-0.25, -0.2) is 0 Å². The Bertz CT molecular complexity index is 266. The van der Waals surface area contributed by atoms with E-state index in [9.17, 15) is 0 Å². The summed E-state index contributed by atoms with van der Waals surface area (Å²) in [7, 11) is 3.22. The van der Waals surface area contributed by atoms with E-state index in [1.807, 2.05) is 18.2 Å². The standard InChI is InChI=1S/C9H13NO2.ClH/c1-11-8-4-3-7(6-10)5-9(8)12-2;/h3-5H,6,10H2,1-2H3;1H. The molecule has 0 fully saturated rings. The first-order valence-corrected chi connectivity index (χ1v) is 3.72. The minimum Gasteiger partial charge on any atom is -0.493 e. The summed E-state index contributed by atoms with van der Waals surface area (Å²) in [5.74, 6) is 1.45. The zero-order valence-electron chi connectivity index (χ0n) is 7.74. The molecule has 0 saturated carbocycles. The monoisotopic (exact) mass is 203 g/mol. The van der Waals surface area contributed by atoms with Crippen LogP contribution in [0.2, 0.25) is 0 Å². The molecule has 0 spiro atoms. The summed E-state index contributed by atoms with van der Waals surface area (Å²) in [5, 5.41) is 0. The highest BCUT2D eigenvalue weighted by Crippen LogP contribution is 2.27. The van der Waals surface area contributed by atoms with E-state index < -0.39 is 0 Å². The van der Waals surface area contributed by atoms with E-state index in [2.05, 4.69) is 0 Å². The maximum absolute atomic E-state index is 5.47. The highest BCUT2D eigenvalue weighted by atomic mass is 35.5. The van der Waals surface area contributed by atoms with E-state index in [1.54, 1.807) is 14.2 Å². The van der Waals surface area contributed by atoms with Crippen LogP contribution in [-0.4, -0.2) is 14.2 Å². The van der Waals surface area contributed by atoms with Crippen LogP contribution in [0, 0.1) is 0 Å². The first kappa shape index (κ1) is 12.1. The van der Waals surface area contributed by atoms with Gasteiger partial charge in [-0.05, 0) is 17.7 Å². The maximum atomic E-state index is 5.47. The van der Waals surface area contributed by atoms with Crippen molar-refractivity contribution in [2.75, 3.05) is 14.2 Å². The first-order valence-electron chi connectivity index (χ1n) is 3.72. The largest absolute Gasteiger partial charge is 0.493 e. The number of hydrogen-bond donors (Lipinski definition) is 1. The lowest BCUT2D eigenvalue weighted by Crippen LogP contribution is -1.97. The van der Waals surface area contributed by atoms with Gasteiger partial charge in [0.1, 0.15) is 0 Å². The van der Waals surface area contributed by atoms with Crippen molar-refractivity contribution in [3.05, 3.63) is 23.8 Å². The summed E-state index contributed by atoms with van der Waals surface area (Å²) in [6.07, 6.45) is 0. The summed E-state index contributed by atoms with van der Waals surface area (Å²) in [5.41, 5.74) is 6.50. The second-order valence-corrected chi connectivity index (χ2v) is 2.39. The Morgan fingerprint density at radius 3 is 2.23 bits per heavy atom. The van der Waals surface area contributed by atoms with Gasteiger partial charge in [0.25, 0.3) is 0 Å². The smallest absolute Gasteiger partial charge is 0.161 e. The minimum atomic E-state index is 0. The zero-order valence-corrected chi connectivity index (χ0v) is 8.56. The highest BCUT2D eigenvalue weighted by molar-refractivity contribution is 5.85. The van der Waals surface area contributed by atoms with Gasteiger partial charge in [0.15, 0.2) is 11.5 Å². The molecule has 0 radical (unpaired) electrons. The molecule has 0 aliphatic rings. The quantitative estimate of drug-likeness (QED) is 0.812. The Kier molecular flexibility index (Phi) is 5.26. The SMILES string of the molecule is COc1ccc(CN)cc1OC.Cl. The van der Waals surface area contributed by atoms with Crippen LogP contribution in [0.15, 0.2) is 18.2 Å². The van der Waals surface area contributed by atoms with Crippen molar-refractivity contribution in [3.8, 4) is 11.5 Å². The summed E-state index contributed by atoms with van der Waals surface area (Å²) in [4.78, 5) is 0. The van der Waals surface area contributed by atoms with Crippen LogP contribution in [0.3, 0.4) is 0 Å². The molecule has 0 aliphatic heterocycles. The van der Waals surface area contributed by atoms with Crippen LogP contribution in [-0.2, 0) is 6.54 Å². The van der Waals surface area contributed by atoms with Gasteiger partial charge >= 0.3 is 0 Å². The van der Waals surface area contributed by atoms with Gasteiger partial charge < -0.3 is 15.2 Å². The molecule has 0 bridgehead atoms. The normalized spacial score (nSPS) is 8.85. The fraction of sp³-hybridized carbons (Fsp3) is 0.333. The number of nitrogens with two attached hydrogens (primary N) is 1. The van der Waals surface area contributed by atoms with E-state index in [0.29, 0.717) is 6.54 Å². The molecule has 1 rings (SSSR count). The molecule has 0 amide bonds. The highest BCUT2D eigenvalue weighted by Gasteiger charge is 2.02. The molecule has 3 nitrogen and oxygen atoms in total. The van der Waals surface area contributed by atoms with Gasteiger partial charge in [0.05, 0.1) is 14.2 Å². The number of halogens is 1. The number of ether oxygens (including phenoxy) is 2. The molecule has 13 heavy (non-hydrogen) atoms. The molecule has 0 aromatic heterocycles. The molecule has 2 N–H and O–H groups in total. The van der Waals surface area contributed by atoms with Gasteiger partial charge in [0.2, 0.25) is 0 Å². The van der Waals surface area contributed by atoms with Crippen LogP contribution in [0.4, 0.5) is 0 Å². The average molecular weight is 204 g/mol. The topological polar surface area (TPSA) is 44.5 Å². The van der Waals surface area contributed by atoms with Gasteiger partial charge in [-0.3, -0.25) is 0 Å². The van der Waals surface area contributed by atoms with Gasteiger partial charge in [-0.2, -0.15) is 0 Å². The van der Waals surface area contributed by atoms with Crippen LogP contribution in [0.25, 0.3) is 0 Å². The molecular weight excluding hydrogens is 190 g/mol. The van der Waals surface area contributed by atoms with E-state index in [0.717, 1.165) is 17.1 Å². The number of rotatable bonds is 3. The Morgan fingerprint density at radius 1 is 1.15 bits per heavy atom. The lowest BCUT2D eigenvalue weighted by Gasteiger charge is -2.07. The number of benzene rings is 1. The molecule has 0 heterocycles. The Balaban J connectivity index is 0.00000144. The van der Waals surface area contributed by atoms with Gasteiger partial charge in [-0.15, -0.1) is 12.4 Å². The third-order valence-electron chi connectivity index (χ3n) is 1.68. The third-order valence-corrected chi connectivity index (χ3v) is 1.68. The fourth-order valence-corrected chi connectivity index (χ4v) is 1.01. The summed E-state index contributed by atoms with van der Waals surface area (Å²) >= 11 is 0. The third kappa shape index (κ3) is 2.79. The fourth-order valence-electron chi connectivity index (χ4n) is 1.01. The Hall–Kier alpha value is -0.930. The lowest BCUT2D eigenvalue weighted by atomic mass is 10.2. The summed E-state index contributed by atoms with van der Waals surface area (Å²) in [6, 6.07) is 5.64. The number of hydrogen-bond acceptors (Lipinski definition) is 3. The van der Waals surface area contributed by atoms with Crippen molar-refractivity contribution in [3.63, 3.8) is 0 Å². The van der Waals surface area contributed by atoms with Crippen molar-refractivity contribution in [2.24, 2.45) is 5.73 Å². The maximum Gasteiger partial charge on any atom is 0.161 e. The Labute approximate surface area is 84.2 Å². The van der Waals surface area contributed by atoms with E-state index >= 15 is 0 Å². The van der Waals surface area contributed by atoms with E-state index in [1.165, 1.54) is 0 Å². The second kappa shape index (κ2) is 5.67. The lowest BCUT2D eigenvalue weighted by molar-refractivity contribution is 0.354. The molecule has 74 valence electrons. The molecule has 4 heteroatoms. The van der Waals surface area contributed by atoms with E-state index in [-0.39, 0.29) is 12.4 Å². The van der Waals surface area contributed by atoms with Crippen LogP contribution in [0.1, 0.15) is 5.56 Å². The van der Waals surface area contributed by atoms with Crippen LogP contribution < -0.4 is 15.2 Å². The molecule has 0 unspecified atom stereocenters. The predicted octanol–water partition coefficient (Wildman–Crippen LogP) is 1.58. The molecule has 0 atom stereocenters. The zero-order chi connectivity index (χ0) is 8.97. The number of methoxy groups -OCH3 is 2. The average Bonchev–Trinajstić information content (AvgIpc) is 2.16.